The number of carbonyl (C=O) groups excluding carboxylic acids is 1. The molecule has 0 aliphatic heterocycles. The van der Waals surface area contributed by atoms with E-state index in [1.807, 2.05) is 11.8 Å². The Bertz CT molecular complexity index is 234. The van der Waals surface area contributed by atoms with Gasteiger partial charge in [0.05, 0.1) is 6.61 Å². The summed E-state index contributed by atoms with van der Waals surface area (Å²) in [7, 11) is -1.66. The summed E-state index contributed by atoms with van der Waals surface area (Å²) >= 11 is 0. The van der Waals surface area contributed by atoms with Crippen molar-refractivity contribution in [1.82, 2.24) is 4.90 Å². The second-order valence-corrected chi connectivity index (χ2v) is 10.5. The standard InChI is InChI=1S/C12H27NO2Si/c1-8-13(11(2)14)9-10-15-16(6,7)12(3,4)5/h8-10H2,1-7H3. The Hall–Kier alpha value is -0.353. The van der Waals surface area contributed by atoms with Gasteiger partial charge in [-0.3, -0.25) is 4.79 Å². The Morgan fingerprint density at radius 1 is 1.31 bits per heavy atom. The molecule has 3 nitrogen and oxygen atoms in total. The molecule has 0 atom stereocenters. The third-order valence-corrected chi connectivity index (χ3v) is 8.00. The molecule has 0 N–H and O–H groups in total. The van der Waals surface area contributed by atoms with Crippen LogP contribution in [0.1, 0.15) is 34.6 Å². The zero-order valence-corrected chi connectivity index (χ0v) is 12.9. The van der Waals surface area contributed by atoms with Gasteiger partial charge in [0.15, 0.2) is 8.32 Å². The third kappa shape index (κ3) is 4.66. The molecular weight excluding hydrogens is 218 g/mol. The largest absolute Gasteiger partial charge is 0.415 e. The molecule has 0 aromatic carbocycles. The van der Waals surface area contributed by atoms with E-state index >= 15 is 0 Å². The Labute approximate surface area is 101 Å². The Kier molecular flexibility index (Phi) is 5.69. The summed E-state index contributed by atoms with van der Waals surface area (Å²) in [5, 5.41) is 0.236. The third-order valence-electron chi connectivity index (χ3n) is 3.46. The number of rotatable bonds is 5. The van der Waals surface area contributed by atoms with Crippen molar-refractivity contribution in [2.45, 2.75) is 52.8 Å². The van der Waals surface area contributed by atoms with Gasteiger partial charge in [0, 0.05) is 20.0 Å². The first-order valence-electron chi connectivity index (χ1n) is 6.01. The molecule has 0 fully saturated rings. The Morgan fingerprint density at radius 3 is 2.12 bits per heavy atom. The highest BCUT2D eigenvalue weighted by atomic mass is 28.4. The van der Waals surface area contributed by atoms with Crippen LogP contribution in [0.2, 0.25) is 18.1 Å². The summed E-state index contributed by atoms with van der Waals surface area (Å²) in [6.45, 7) is 16.9. The fraction of sp³-hybridized carbons (Fsp3) is 0.917. The summed E-state index contributed by atoms with van der Waals surface area (Å²) < 4.78 is 6.02. The van der Waals surface area contributed by atoms with E-state index in [9.17, 15) is 4.79 Å². The van der Waals surface area contributed by atoms with Crippen LogP contribution in [0, 0.1) is 0 Å². The number of amides is 1. The van der Waals surface area contributed by atoms with Crippen LogP contribution in [0.25, 0.3) is 0 Å². The number of hydrogen-bond acceptors (Lipinski definition) is 2. The van der Waals surface area contributed by atoms with E-state index in [0.717, 1.165) is 6.54 Å². The van der Waals surface area contributed by atoms with Crippen molar-refractivity contribution in [1.29, 1.82) is 0 Å². The van der Waals surface area contributed by atoms with Gasteiger partial charge >= 0.3 is 0 Å². The Morgan fingerprint density at radius 2 is 1.81 bits per heavy atom. The minimum absolute atomic E-state index is 0.126. The molecule has 96 valence electrons. The van der Waals surface area contributed by atoms with Gasteiger partial charge in [0.2, 0.25) is 5.91 Å². The summed E-state index contributed by atoms with van der Waals surface area (Å²) in [6.07, 6.45) is 0. The predicted molar refractivity (Wildman–Crippen MR) is 71.1 cm³/mol. The van der Waals surface area contributed by atoms with E-state index in [1.54, 1.807) is 6.92 Å². The fourth-order valence-corrected chi connectivity index (χ4v) is 2.20. The van der Waals surface area contributed by atoms with E-state index in [-0.39, 0.29) is 10.9 Å². The highest BCUT2D eigenvalue weighted by molar-refractivity contribution is 6.74. The molecule has 0 aliphatic rings. The average Bonchev–Trinajstić information content (AvgIpc) is 2.09. The van der Waals surface area contributed by atoms with Crippen LogP contribution in [-0.2, 0) is 9.22 Å². The van der Waals surface area contributed by atoms with Gasteiger partial charge in [-0.15, -0.1) is 0 Å². The fourth-order valence-electron chi connectivity index (χ4n) is 1.17. The van der Waals surface area contributed by atoms with Crippen LogP contribution in [0.15, 0.2) is 0 Å². The maximum absolute atomic E-state index is 11.2. The number of hydrogen-bond donors (Lipinski definition) is 0. The Balaban J connectivity index is 4.12. The molecule has 1 amide bonds. The zero-order valence-electron chi connectivity index (χ0n) is 11.9. The molecule has 4 heteroatoms. The van der Waals surface area contributed by atoms with Gasteiger partial charge in [0.1, 0.15) is 0 Å². The van der Waals surface area contributed by atoms with Crippen molar-refractivity contribution in [3.8, 4) is 0 Å². The van der Waals surface area contributed by atoms with Gasteiger partial charge in [-0.2, -0.15) is 0 Å². The maximum Gasteiger partial charge on any atom is 0.219 e. The van der Waals surface area contributed by atoms with E-state index in [1.165, 1.54) is 0 Å². The van der Waals surface area contributed by atoms with E-state index < -0.39 is 8.32 Å². The molecule has 0 bridgehead atoms. The quantitative estimate of drug-likeness (QED) is 0.697. The van der Waals surface area contributed by atoms with Crippen molar-refractivity contribution in [2.75, 3.05) is 19.7 Å². The van der Waals surface area contributed by atoms with E-state index in [0.29, 0.717) is 13.2 Å². The maximum atomic E-state index is 11.2. The summed E-state index contributed by atoms with van der Waals surface area (Å²) in [5.41, 5.74) is 0. The first kappa shape index (κ1) is 15.6. The number of likely N-dealkylation sites (N-methyl/N-ethyl adjacent to an activating group) is 1. The molecule has 16 heavy (non-hydrogen) atoms. The molecule has 0 heterocycles. The lowest BCUT2D eigenvalue weighted by Gasteiger charge is -2.36. The minimum atomic E-state index is -1.66. The van der Waals surface area contributed by atoms with E-state index in [2.05, 4.69) is 33.9 Å². The van der Waals surface area contributed by atoms with Crippen LogP contribution >= 0.6 is 0 Å². The van der Waals surface area contributed by atoms with Crippen LogP contribution in [-0.4, -0.2) is 38.8 Å². The average molecular weight is 245 g/mol. The molecule has 0 unspecified atom stereocenters. The normalized spacial score (nSPS) is 12.7. The van der Waals surface area contributed by atoms with Gasteiger partial charge in [-0.1, -0.05) is 20.8 Å². The van der Waals surface area contributed by atoms with Crippen molar-refractivity contribution < 1.29 is 9.22 Å². The lowest BCUT2D eigenvalue weighted by atomic mass is 10.2. The van der Waals surface area contributed by atoms with Gasteiger partial charge in [-0.25, -0.2) is 0 Å². The molecular formula is C12H27NO2Si. The molecule has 0 radical (unpaired) electrons. The lowest BCUT2D eigenvalue weighted by Crippen LogP contribution is -2.43. The van der Waals surface area contributed by atoms with Gasteiger partial charge in [0.25, 0.3) is 0 Å². The zero-order chi connectivity index (χ0) is 13.0. The molecule has 0 spiro atoms. The number of nitrogens with zero attached hydrogens (tertiary/aromatic N) is 1. The lowest BCUT2D eigenvalue weighted by molar-refractivity contribution is -0.129. The highest BCUT2D eigenvalue weighted by Gasteiger charge is 2.36. The van der Waals surface area contributed by atoms with Crippen molar-refractivity contribution in [3.05, 3.63) is 0 Å². The monoisotopic (exact) mass is 245 g/mol. The van der Waals surface area contributed by atoms with E-state index in [4.69, 9.17) is 4.43 Å². The summed E-state index contributed by atoms with van der Waals surface area (Å²) in [4.78, 5) is 13.0. The molecule has 0 aromatic heterocycles. The van der Waals surface area contributed by atoms with Crippen molar-refractivity contribution >= 4 is 14.2 Å². The van der Waals surface area contributed by atoms with Gasteiger partial charge < -0.3 is 9.33 Å². The predicted octanol–water partition coefficient (Wildman–Crippen LogP) is 2.88. The van der Waals surface area contributed by atoms with Gasteiger partial charge in [-0.05, 0) is 25.1 Å². The minimum Gasteiger partial charge on any atom is -0.415 e. The van der Waals surface area contributed by atoms with Crippen LogP contribution in [0.3, 0.4) is 0 Å². The van der Waals surface area contributed by atoms with Crippen molar-refractivity contribution in [2.24, 2.45) is 0 Å². The van der Waals surface area contributed by atoms with Crippen LogP contribution in [0.4, 0.5) is 0 Å². The summed E-state index contributed by atoms with van der Waals surface area (Å²) in [6, 6.07) is 0. The molecule has 0 rings (SSSR count). The molecule has 0 aliphatic carbocycles. The topological polar surface area (TPSA) is 29.5 Å². The second-order valence-electron chi connectivity index (χ2n) is 5.71. The first-order valence-corrected chi connectivity index (χ1v) is 8.92. The summed E-state index contributed by atoms with van der Waals surface area (Å²) in [5.74, 6) is 0.126. The first-order chi connectivity index (χ1) is 7.12. The van der Waals surface area contributed by atoms with Crippen LogP contribution < -0.4 is 0 Å². The number of carbonyl (C=O) groups is 1. The smallest absolute Gasteiger partial charge is 0.219 e. The van der Waals surface area contributed by atoms with Crippen molar-refractivity contribution in [3.63, 3.8) is 0 Å². The SMILES string of the molecule is CCN(CCO[Si](C)(C)C(C)(C)C)C(C)=O. The van der Waals surface area contributed by atoms with Crippen LogP contribution in [0.5, 0.6) is 0 Å². The molecule has 0 aromatic rings. The highest BCUT2D eigenvalue weighted by Crippen LogP contribution is 2.36. The molecule has 0 saturated carbocycles. The molecule has 0 saturated heterocycles. The second kappa shape index (κ2) is 5.82.